The minimum atomic E-state index is -0.451. The number of benzene rings is 1. The van der Waals surface area contributed by atoms with Crippen LogP contribution in [-0.4, -0.2) is 10.8 Å². The van der Waals surface area contributed by atoms with Gasteiger partial charge in [0.05, 0.1) is 11.2 Å². The van der Waals surface area contributed by atoms with E-state index in [0.717, 1.165) is 0 Å². The number of nitrogens with one attached hydrogen (secondary N) is 1. The smallest absolute Gasteiger partial charge is 0.274 e. The molecule has 0 spiro atoms. The van der Waals surface area contributed by atoms with Crippen molar-refractivity contribution in [2.45, 2.75) is 13.3 Å². The number of hydrogen-bond donors (Lipinski definition) is 1. The molecule has 0 saturated heterocycles. The van der Waals surface area contributed by atoms with Crippen LogP contribution in [-0.2, 0) is 11.2 Å². The first-order valence-electron chi connectivity index (χ1n) is 6.40. The highest BCUT2D eigenvalue weighted by Crippen LogP contribution is 2.23. The molecule has 0 fully saturated rings. The van der Waals surface area contributed by atoms with Crippen LogP contribution in [0.25, 0.3) is 6.08 Å². The van der Waals surface area contributed by atoms with Gasteiger partial charge in [-0.25, -0.2) is 0 Å². The van der Waals surface area contributed by atoms with Crippen LogP contribution in [0.5, 0.6) is 0 Å². The molecule has 6 nitrogen and oxygen atoms in total. The minimum Gasteiger partial charge on any atom is -0.465 e. The zero-order chi connectivity index (χ0) is 15.2. The number of nitrogens with zero attached hydrogens (tertiary/aromatic N) is 1. The average molecular weight is 286 g/mol. The lowest BCUT2D eigenvalue weighted by molar-refractivity contribution is -0.385. The van der Waals surface area contributed by atoms with Crippen LogP contribution in [0.4, 0.5) is 11.4 Å². The summed E-state index contributed by atoms with van der Waals surface area (Å²) in [6, 6.07) is 8.07. The van der Waals surface area contributed by atoms with Crippen molar-refractivity contribution < 1.29 is 14.1 Å². The average Bonchev–Trinajstić information content (AvgIpc) is 2.98. The Labute approximate surface area is 121 Å². The molecule has 0 aliphatic heterocycles. The normalized spacial score (nSPS) is 10.7. The second kappa shape index (κ2) is 6.51. The topological polar surface area (TPSA) is 85.4 Å². The van der Waals surface area contributed by atoms with E-state index in [4.69, 9.17) is 4.42 Å². The maximum atomic E-state index is 11.7. The molecule has 1 N–H and O–H groups in total. The standard InChI is InChI=1S/C15H14N2O4/c1-2-11-5-6-12(10-14(11)17(19)20)16-15(18)8-7-13-4-3-9-21-13/h3-10H,2H2,1H3,(H,16,18). The molecule has 108 valence electrons. The first kappa shape index (κ1) is 14.5. The van der Waals surface area contributed by atoms with Crippen LogP contribution in [0.2, 0.25) is 0 Å². The Morgan fingerprint density at radius 2 is 2.24 bits per heavy atom. The third-order valence-corrected chi connectivity index (χ3v) is 2.87. The van der Waals surface area contributed by atoms with Crippen molar-refractivity contribution in [2.24, 2.45) is 0 Å². The van der Waals surface area contributed by atoms with Gasteiger partial charge in [-0.15, -0.1) is 0 Å². The number of rotatable bonds is 5. The number of nitro benzene ring substituents is 1. The summed E-state index contributed by atoms with van der Waals surface area (Å²) < 4.78 is 5.06. The van der Waals surface area contributed by atoms with Gasteiger partial charge in [-0.05, 0) is 30.7 Å². The van der Waals surface area contributed by atoms with Crippen molar-refractivity contribution in [3.63, 3.8) is 0 Å². The predicted octanol–water partition coefficient (Wildman–Crippen LogP) is 3.40. The van der Waals surface area contributed by atoms with E-state index in [1.807, 2.05) is 6.92 Å². The van der Waals surface area contributed by atoms with E-state index >= 15 is 0 Å². The molecule has 0 unspecified atom stereocenters. The maximum Gasteiger partial charge on any atom is 0.274 e. The fourth-order valence-electron chi connectivity index (χ4n) is 1.84. The zero-order valence-corrected chi connectivity index (χ0v) is 11.4. The van der Waals surface area contributed by atoms with E-state index in [9.17, 15) is 14.9 Å². The molecular weight excluding hydrogens is 272 g/mol. The van der Waals surface area contributed by atoms with Gasteiger partial charge in [0.1, 0.15) is 5.76 Å². The van der Waals surface area contributed by atoms with Crippen LogP contribution < -0.4 is 5.32 Å². The van der Waals surface area contributed by atoms with E-state index in [1.54, 1.807) is 24.3 Å². The van der Waals surface area contributed by atoms with Gasteiger partial charge < -0.3 is 9.73 Å². The Bertz CT molecular complexity index is 675. The number of nitro groups is 1. The third kappa shape index (κ3) is 3.79. The van der Waals surface area contributed by atoms with Gasteiger partial charge >= 0.3 is 0 Å². The Hall–Kier alpha value is -2.89. The number of amides is 1. The lowest BCUT2D eigenvalue weighted by atomic mass is 10.1. The van der Waals surface area contributed by atoms with Gasteiger partial charge in [-0.2, -0.15) is 0 Å². The molecule has 0 atom stereocenters. The molecular formula is C15H14N2O4. The summed E-state index contributed by atoms with van der Waals surface area (Å²) >= 11 is 0. The number of carbonyl (C=O) groups excluding carboxylic acids is 1. The fraction of sp³-hybridized carbons (Fsp3) is 0.133. The van der Waals surface area contributed by atoms with Crippen LogP contribution in [0.1, 0.15) is 18.2 Å². The number of furan rings is 1. The summed E-state index contributed by atoms with van der Waals surface area (Å²) in [6.45, 7) is 1.84. The summed E-state index contributed by atoms with van der Waals surface area (Å²) in [7, 11) is 0. The van der Waals surface area contributed by atoms with Crippen LogP contribution >= 0.6 is 0 Å². The second-order valence-electron chi connectivity index (χ2n) is 4.29. The first-order valence-corrected chi connectivity index (χ1v) is 6.40. The molecule has 0 saturated carbocycles. The fourth-order valence-corrected chi connectivity index (χ4v) is 1.84. The van der Waals surface area contributed by atoms with Gasteiger partial charge in [0.2, 0.25) is 5.91 Å². The highest BCUT2D eigenvalue weighted by molar-refractivity contribution is 6.01. The number of aryl methyl sites for hydroxylation is 1. The molecule has 0 aliphatic carbocycles. The van der Waals surface area contributed by atoms with Crippen LogP contribution in [0.15, 0.2) is 47.1 Å². The molecule has 0 aliphatic rings. The second-order valence-corrected chi connectivity index (χ2v) is 4.29. The SMILES string of the molecule is CCc1ccc(NC(=O)C=Cc2ccco2)cc1[N+](=O)[O-]. The molecule has 21 heavy (non-hydrogen) atoms. The van der Waals surface area contributed by atoms with E-state index in [0.29, 0.717) is 23.4 Å². The summed E-state index contributed by atoms with van der Waals surface area (Å²) in [5.74, 6) is 0.169. The lowest BCUT2D eigenvalue weighted by Gasteiger charge is -2.04. The molecule has 6 heteroatoms. The summed E-state index contributed by atoms with van der Waals surface area (Å²) in [6.07, 6.45) is 4.88. The molecule has 2 aromatic rings. The quantitative estimate of drug-likeness (QED) is 0.518. The van der Waals surface area contributed by atoms with E-state index in [-0.39, 0.29) is 11.6 Å². The molecule has 2 rings (SSSR count). The van der Waals surface area contributed by atoms with Gasteiger partial charge in [-0.1, -0.05) is 13.0 Å². The van der Waals surface area contributed by atoms with Crippen molar-refractivity contribution in [3.8, 4) is 0 Å². The van der Waals surface area contributed by atoms with E-state index in [1.165, 1.54) is 24.5 Å². The Kier molecular flexibility index (Phi) is 4.50. The predicted molar refractivity (Wildman–Crippen MR) is 78.8 cm³/mol. The molecule has 1 heterocycles. The summed E-state index contributed by atoms with van der Waals surface area (Å²) in [4.78, 5) is 22.2. The Morgan fingerprint density at radius 1 is 1.43 bits per heavy atom. The third-order valence-electron chi connectivity index (χ3n) is 2.87. The Balaban J connectivity index is 2.10. The van der Waals surface area contributed by atoms with Crippen molar-refractivity contribution in [1.82, 2.24) is 0 Å². The first-order chi connectivity index (χ1) is 10.1. The zero-order valence-electron chi connectivity index (χ0n) is 11.4. The lowest BCUT2D eigenvalue weighted by Crippen LogP contribution is -2.08. The number of carbonyl (C=O) groups is 1. The van der Waals surface area contributed by atoms with E-state index < -0.39 is 4.92 Å². The highest BCUT2D eigenvalue weighted by Gasteiger charge is 2.13. The van der Waals surface area contributed by atoms with Crippen molar-refractivity contribution >= 4 is 23.4 Å². The number of anilines is 1. The highest BCUT2D eigenvalue weighted by atomic mass is 16.6. The van der Waals surface area contributed by atoms with Crippen LogP contribution in [0, 0.1) is 10.1 Å². The van der Waals surface area contributed by atoms with E-state index in [2.05, 4.69) is 5.32 Å². The van der Waals surface area contributed by atoms with Crippen molar-refractivity contribution in [3.05, 3.63) is 64.1 Å². The molecule has 1 aromatic heterocycles. The van der Waals surface area contributed by atoms with Crippen molar-refractivity contribution in [1.29, 1.82) is 0 Å². The van der Waals surface area contributed by atoms with Gasteiger partial charge in [0.25, 0.3) is 5.69 Å². The monoisotopic (exact) mass is 286 g/mol. The van der Waals surface area contributed by atoms with Gasteiger partial charge in [0.15, 0.2) is 0 Å². The number of hydrogen-bond acceptors (Lipinski definition) is 4. The largest absolute Gasteiger partial charge is 0.465 e. The van der Waals surface area contributed by atoms with Gasteiger partial charge in [0, 0.05) is 23.4 Å². The molecule has 0 bridgehead atoms. The maximum absolute atomic E-state index is 11.7. The molecule has 1 amide bonds. The van der Waals surface area contributed by atoms with Crippen LogP contribution in [0.3, 0.4) is 0 Å². The molecule has 0 radical (unpaired) electrons. The Morgan fingerprint density at radius 3 is 2.86 bits per heavy atom. The minimum absolute atomic E-state index is 0.00492. The van der Waals surface area contributed by atoms with Crippen molar-refractivity contribution in [2.75, 3.05) is 5.32 Å². The van der Waals surface area contributed by atoms with Gasteiger partial charge in [-0.3, -0.25) is 14.9 Å². The molecule has 1 aromatic carbocycles. The summed E-state index contributed by atoms with van der Waals surface area (Å²) in [5.41, 5.74) is 1.02. The summed E-state index contributed by atoms with van der Waals surface area (Å²) in [5, 5.41) is 13.5.